The number of aryl methyl sites for hydroxylation is 2. The number of amides is 1. The van der Waals surface area contributed by atoms with Crippen LogP contribution in [0, 0.1) is 5.92 Å². The Hall–Kier alpha value is -2.70. The molecule has 0 radical (unpaired) electrons. The number of rotatable bonds is 8. The lowest BCUT2D eigenvalue weighted by Gasteiger charge is -2.31. The number of aromatic nitrogens is 2. The molecule has 2 heterocycles. The lowest BCUT2D eigenvalue weighted by Crippen LogP contribution is -2.48. The zero-order valence-corrected chi connectivity index (χ0v) is 20.3. The van der Waals surface area contributed by atoms with Crippen LogP contribution in [0.25, 0.3) is 11.1 Å². The highest BCUT2D eigenvalue weighted by molar-refractivity contribution is 7.99. The van der Waals surface area contributed by atoms with Gasteiger partial charge in [-0.2, -0.15) is 0 Å². The predicted molar refractivity (Wildman–Crippen MR) is 138 cm³/mol. The first-order valence-electron chi connectivity index (χ1n) is 12.4. The van der Waals surface area contributed by atoms with Crippen molar-refractivity contribution in [3.05, 3.63) is 77.6 Å². The molecule has 0 bridgehead atoms. The lowest BCUT2D eigenvalue weighted by atomic mass is 9.87. The zero-order chi connectivity index (χ0) is 23.2. The number of thioether (sulfide) groups is 1. The van der Waals surface area contributed by atoms with Crippen LogP contribution in [0.4, 0.5) is 0 Å². The van der Waals surface area contributed by atoms with Gasteiger partial charge in [0.1, 0.15) is 0 Å². The third-order valence-electron chi connectivity index (χ3n) is 6.94. The van der Waals surface area contributed by atoms with Crippen molar-refractivity contribution in [2.45, 2.75) is 49.7 Å². The molecule has 5 nitrogen and oxygen atoms in total. The highest BCUT2D eigenvalue weighted by Gasteiger charge is 2.26. The largest absolute Gasteiger partial charge is 0.352 e. The maximum Gasteiger partial charge on any atom is 0.230 e. The highest BCUT2D eigenvalue weighted by Crippen LogP contribution is 2.25. The van der Waals surface area contributed by atoms with Crippen LogP contribution < -0.4 is 10.6 Å². The molecule has 2 N–H and O–H groups in total. The van der Waals surface area contributed by atoms with E-state index in [-0.39, 0.29) is 11.9 Å². The summed E-state index contributed by atoms with van der Waals surface area (Å²) < 4.78 is 0. The molecule has 1 amide bonds. The van der Waals surface area contributed by atoms with E-state index in [1.165, 1.54) is 47.7 Å². The first kappa shape index (κ1) is 23.1. The molecule has 5 rings (SSSR count). The average molecular weight is 473 g/mol. The molecule has 0 spiro atoms. The second kappa shape index (κ2) is 11.2. The monoisotopic (exact) mass is 472 g/mol. The molecule has 34 heavy (non-hydrogen) atoms. The summed E-state index contributed by atoms with van der Waals surface area (Å²) in [6.45, 7) is 2.04. The van der Waals surface area contributed by atoms with Crippen LogP contribution in [0.2, 0.25) is 0 Å². The second-order valence-corrected chi connectivity index (χ2v) is 10.3. The minimum absolute atomic E-state index is 0.0532. The number of fused-ring (bicyclic) bond motifs is 1. The van der Waals surface area contributed by atoms with E-state index in [0.29, 0.717) is 16.8 Å². The van der Waals surface area contributed by atoms with Crippen molar-refractivity contribution >= 4 is 17.7 Å². The van der Waals surface area contributed by atoms with Crippen molar-refractivity contribution in [2.24, 2.45) is 5.92 Å². The molecule has 3 aromatic rings. The van der Waals surface area contributed by atoms with E-state index in [0.717, 1.165) is 43.5 Å². The van der Waals surface area contributed by atoms with Gasteiger partial charge in [0.2, 0.25) is 5.91 Å². The third-order valence-corrected chi connectivity index (χ3v) is 7.81. The molecule has 0 saturated carbocycles. The summed E-state index contributed by atoms with van der Waals surface area (Å²) in [6, 6.07) is 17.1. The van der Waals surface area contributed by atoms with Crippen LogP contribution >= 0.6 is 11.8 Å². The number of carbonyl (C=O) groups excluding carboxylic acids is 1. The molecule has 176 valence electrons. The van der Waals surface area contributed by atoms with Gasteiger partial charge in [0.15, 0.2) is 5.16 Å². The first-order chi connectivity index (χ1) is 16.7. The topological polar surface area (TPSA) is 66.9 Å². The van der Waals surface area contributed by atoms with E-state index in [2.05, 4.69) is 38.8 Å². The van der Waals surface area contributed by atoms with Crippen LogP contribution in [0.15, 0.2) is 66.1 Å². The fourth-order valence-electron chi connectivity index (χ4n) is 5.11. The Kier molecular flexibility index (Phi) is 7.56. The Morgan fingerprint density at radius 1 is 1.03 bits per heavy atom. The third kappa shape index (κ3) is 5.86. The van der Waals surface area contributed by atoms with Gasteiger partial charge in [-0.05, 0) is 79.8 Å². The summed E-state index contributed by atoms with van der Waals surface area (Å²) in [5.41, 5.74) is 6.40. The minimum atomic E-state index is 0.0532. The van der Waals surface area contributed by atoms with E-state index in [1.807, 2.05) is 42.7 Å². The summed E-state index contributed by atoms with van der Waals surface area (Å²) >= 11 is 1.39. The van der Waals surface area contributed by atoms with E-state index < -0.39 is 0 Å². The van der Waals surface area contributed by atoms with Crippen molar-refractivity contribution < 1.29 is 4.79 Å². The number of nitrogens with zero attached hydrogens (tertiary/aromatic N) is 2. The number of piperidine rings is 1. The SMILES string of the molecule is O=C(CSc1ncc(-c2ccccc2)cn1)NC(Cc1ccc2c(c1)CCC2)C1CCCNC1. The first-order valence-corrected chi connectivity index (χ1v) is 13.3. The molecule has 1 aliphatic heterocycles. The molecular formula is C28H32N4OS. The summed E-state index contributed by atoms with van der Waals surface area (Å²) in [5.74, 6) is 0.834. The maximum atomic E-state index is 12.9. The van der Waals surface area contributed by atoms with Gasteiger partial charge in [-0.15, -0.1) is 0 Å². The number of hydrogen-bond donors (Lipinski definition) is 2. The van der Waals surface area contributed by atoms with Crippen LogP contribution in [-0.2, 0) is 24.1 Å². The van der Waals surface area contributed by atoms with Gasteiger partial charge >= 0.3 is 0 Å². The minimum Gasteiger partial charge on any atom is -0.352 e. The highest BCUT2D eigenvalue weighted by atomic mass is 32.2. The Bertz CT molecular complexity index is 1100. The molecule has 1 aromatic heterocycles. The smallest absolute Gasteiger partial charge is 0.230 e. The molecule has 1 saturated heterocycles. The van der Waals surface area contributed by atoms with Gasteiger partial charge in [0.05, 0.1) is 5.75 Å². The summed E-state index contributed by atoms with van der Waals surface area (Å²) in [5, 5.41) is 7.50. The molecule has 1 aliphatic carbocycles. The quantitative estimate of drug-likeness (QED) is 0.375. The molecular weight excluding hydrogens is 440 g/mol. The van der Waals surface area contributed by atoms with Gasteiger partial charge < -0.3 is 10.6 Å². The van der Waals surface area contributed by atoms with Crippen molar-refractivity contribution in [1.29, 1.82) is 0 Å². The Morgan fingerprint density at radius 3 is 2.65 bits per heavy atom. The Labute approximate surface area is 206 Å². The molecule has 2 atom stereocenters. The normalized spacial score (nSPS) is 18.3. The van der Waals surface area contributed by atoms with Gasteiger partial charge in [0, 0.05) is 24.0 Å². The number of hydrogen-bond acceptors (Lipinski definition) is 5. The zero-order valence-electron chi connectivity index (χ0n) is 19.5. The molecule has 1 fully saturated rings. The summed E-state index contributed by atoms with van der Waals surface area (Å²) in [4.78, 5) is 21.8. The van der Waals surface area contributed by atoms with Crippen molar-refractivity contribution in [2.75, 3.05) is 18.8 Å². The van der Waals surface area contributed by atoms with Gasteiger partial charge in [-0.25, -0.2) is 9.97 Å². The van der Waals surface area contributed by atoms with Crippen LogP contribution in [0.3, 0.4) is 0 Å². The van der Waals surface area contributed by atoms with Gasteiger partial charge in [-0.1, -0.05) is 60.3 Å². The van der Waals surface area contributed by atoms with Crippen LogP contribution in [0.5, 0.6) is 0 Å². The molecule has 2 aliphatic rings. The van der Waals surface area contributed by atoms with Crippen molar-refractivity contribution in [3.63, 3.8) is 0 Å². The van der Waals surface area contributed by atoms with E-state index in [1.54, 1.807) is 0 Å². The number of carbonyl (C=O) groups is 1. The summed E-state index contributed by atoms with van der Waals surface area (Å²) in [7, 11) is 0. The van der Waals surface area contributed by atoms with E-state index >= 15 is 0 Å². The molecule has 6 heteroatoms. The fourth-order valence-corrected chi connectivity index (χ4v) is 5.71. The average Bonchev–Trinajstić information content (AvgIpc) is 3.36. The van der Waals surface area contributed by atoms with Crippen molar-refractivity contribution in [3.8, 4) is 11.1 Å². The number of nitrogens with one attached hydrogen (secondary N) is 2. The molecule has 2 aromatic carbocycles. The number of benzene rings is 2. The lowest BCUT2D eigenvalue weighted by molar-refractivity contribution is -0.119. The van der Waals surface area contributed by atoms with Gasteiger partial charge in [0.25, 0.3) is 0 Å². The predicted octanol–water partition coefficient (Wildman–Crippen LogP) is 4.45. The standard InChI is InChI=1S/C28H32N4OS/c33-27(19-34-28-30-17-25(18-31-28)21-6-2-1-3-7-21)32-26(24-10-5-13-29-16-24)15-20-11-12-22-8-4-9-23(22)14-20/h1-3,6-7,11-12,14,17-18,24,26,29H,4-5,8-10,13,15-16,19H2,(H,32,33). The van der Waals surface area contributed by atoms with Crippen molar-refractivity contribution in [1.82, 2.24) is 20.6 Å². The van der Waals surface area contributed by atoms with Crippen LogP contribution in [-0.4, -0.2) is 40.8 Å². The van der Waals surface area contributed by atoms with E-state index in [4.69, 9.17) is 0 Å². The Balaban J connectivity index is 1.20. The fraction of sp³-hybridized carbons (Fsp3) is 0.393. The van der Waals surface area contributed by atoms with Crippen LogP contribution in [0.1, 0.15) is 36.0 Å². The van der Waals surface area contributed by atoms with E-state index in [9.17, 15) is 4.79 Å². The Morgan fingerprint density at radius 2 is 1.85 bits per heavy atom. The maximum absolute atomic E-state index is 12.9. The summed E-state index contributed by atoms with van der Waals surface area (Å²) in [6.07, 6.45) is 10.5. The van der Waals surface area contributed by atoms with Gasteiger partial charge in [-0.3, -0.25) is 4.79 Å². The molecule has 2 unspecified atom stereocenters. The second-order valence-electron chi connectivity index (χ2n) is 9.35.